The summed E-state index contributed by atoms with van der Waals surface area (Å²) < 4.78 is 0. The van der Waals surface area contributed by atoms with Gasteiger partial charge in [0.2, 0.25) is 0 Å². The van der Waals surface area contributed by atoms with Crippen LogP contribution in [0, 0.1) is 13.8 Å². The summed E-state index contributed by atoms with van der Waals surface area (Å²) in [6.45, 7) is 8.14. The number of aromatic nitrogens is 1. The molecule has 2 rings (SSSR count). The van der Waals surface area contributed by atoms with Crippen LogP contribution in [0.25, 0.3) is 0 Å². The Kier molecular flexibility index (Phi) is 3.78. The van der Waals surface area contributed by atoms with Crippen molar-refractivity contribution in [1.82, 2.24) is 9.88 Å². The van der Waals surface area contributed by atoms with Crippen LogP contribution in [-0.2, 0) is 0 Å². The number of nitrogens with one attached hydrogen (secondary N) is 1. The molecule has 1 fully saturated rings. The van der Waals surface area contributed by atoms with Gasteiger partial charge in [0.25, 0.3) is 5.91 Å². The molecule has 0 aliphatic carbocycles. The summed E-state index contributed by atoms with van der Waals surface area (Å²) in [5.41, 5.74) is 2.82. The van der Waals surface area contributed by atoms with Crippen LogP contribution in [-0.4, -0.2) is 34.2 Å². The molecule has 1 aromatic heterocycles. The molecule has 2 heterocycles. The number of hydrogen-bond acceptors (Lipinski definition) is 2. The van der Waals surface area contributed by atoms with Crippen molar-refractivity contribution < 1.29 is 9.59 Å². The molecule has 1 N–H and O–H groups in total. The summed E-state index contributed by atoms with van der Waals surface area (Å²) >= 11 is 0. The summed E-state index contributed by atoms with van der Waals surface area (Å²) in [6, 6.07) is 0.282. The van der Waals surface area contributed by atoms with E-state index in [2.05, 4.69) is 11.9 Å². The molecule has 1 atom stereocenters. The molecule has 1 amide bonds. The lowest BCUT2D eigenvalue weighted by Gasteiger charge is -2.33. The summed E-state index contributed by atoms with van der Waals surface area (Å²) in [7, 11) is 0. The zero-order chi connectivity index (χ0) is 14.2. The lowest BCUT2D eigenvalue weighted by molar-refractivity contribution is 0.0629. The Labute approximate surface area is 114 Å². The van der Waals surface area contributed by atoms with Gasteiger partial charge in [-0.2, -0.15) is 0 Å². The molecule has 0 spiro atoms. The average Bonchev–Trinajstić information content (AvgIpc) is 2.64. The molecule has 0 saturated carbocycles. The second-order valence-corrected chi connectivity index (χ2v) is 5.52. The third-order valence-electron chi connectivity index (χ3n) is 4.07. The van der Waals surface area contributed by atoms with Crippen molar-refractivity contribution in [2.45, 2.75) is 53.0 Å². The highest BCUT2D eigenvalue weighted by molar-refractivity contribution is 6.02. The van der Waals surface area contributed by atoms with Crippen LogP contribution in [0.4, 0.5) is 0 Å². The van der Waals surface area contributed by atoms with Gasteiger partial charge in [-0.25, -0.2) is 0 Å². The molecule has 1 unspecified atom stereocenters. The maximum Gasteiger partial charge on any atom is 0.270 e. The van der Waals surface area contributed by atoms with E-state index in [-0.39, 0.29) is 17.7 Å². The number of nitrogens with zero attached hydrogens (tertiary/aromatic N) is 1. The molecular weight excluding hydrogens is 240 g/mol. The van der Waals surface area contributed by atoms with Gasteiger partial charge in [-0.05, 0) is 52.5 Å². The van der Waals surface area contributed by atoms with Crippen molar-refractivity contribution in [3.63, 3.8) is 0 Å². The third kappa shape index (κ3) is 2.44. The summed E-state index contributed by atoms with van der Waals surface area (Å²) in [5, 5.41) is 0. The average molecular weight is 262 g/mol. The molecule has 1 aliphatic heterocycles. The number of rotatable bonds is 2. The van der Waals surface area contributed by atoms with Crippen molar-refractivity contribution >= 4 is 11.7 Å². The molecule has 1 aliphatic rings. The van der Waals surface area contributed by atoms with Crippen LogP contribution >= 0.6 is 0 Å². The fourth-order valence-electron chi connectivity index (χ4n) is 3.04. The Morgan fingerprint density at radius 3 is 2.47 bits per heavy atom. The summed E-state index contributed by atoms with van der Waals surface area (Å²) in [6.07, 6.45) is 3.31. The maximum absolute atomic E-state index is 12.6. The Balaban J connectivity index is 2.34. The summed E-state index contributed by atoms with van der Waals surface area (Å²) in [4.78, 5) is 29.2. The van der Waals surface area contributed by atoms with Gasteiger partial charge in [-0.3, -0.25) is 9.59 Å². The van der Waals surface area contributed by atoms with Gasteiger partial charge in [0.15, 0.2) is 5.78 Å². The molecule has 4 heteroatoms. The number of ketones is 1. The second kappa shape index (κ2) is 5.19. The fourth-order valence-corrected chi connectivity index (χ4v) is 3.04. The highest BCUT2D eigenvalue weighted by Crippen LogP contribution is 2.23. The van der Waals surface area contributed by atoms with Gasteiger partial charge >= 0.3 is 0 Å². The zero-order valence-corrected chi connectivity index (χ0v) is 12.2. The Morgan fingerprint density at radius 1 is 1.26 bits per heavy atom. The number of carbonyl (C=O) groups is 2. The zero-order valence-electron chi connectivity index (χ0n) is 12.2. The minimum atomic E-state index is 0.0111. The maximum atomic E-state index is 12.6. The number of likely N-dealkylation sites (tertiary alicyclic amines) is 1. The number of aryl methyl sites for hydroxylation is 1. The number of piperidine rings is 1. The van der Waals surface area contributed by atoms with Gasteiger partial charge in [0.1, 0.15) is 5.69 Å². The number of carbonyl (C=O) groups excluding carboxylic acids is 2. The topological polar surface area (TPSA) is 53.2 Å². The monoisotopic (exact) mass is 262 g/mol. The van der Waals surface area contributed by atoms with E-state index >= 15 is 0 Å². The predicted molar refractivity (Wildman–Crippen MR) is 74.6 cm³/mol. The third-order valence-corrected chi connectivity index (χ3v) is 4.07. The first-order chi connectivity index (χ1) is 8.93. The SMILES string of the molecule is CC(=O)c1c(C)[nH]c(C(=O)N2CCCCC2C)c1C. The molecule has 1 aromatic rings. The van der Waals surface area contributed by atoms with Crippen LogP contribution < -0.4 is 0 Å². The highest BCUT2D eigenvalue weighted by Gasteiger charge is 2.28. The van der Waals surface area contributed by atoms with E-state index in [1.165, 1.54) is 6.42 Å². The van der Waals surface area contributed by atoms with Crippen molar-refractivity contribution in [2.24, 2.45) is 0 Å². The Morgan fingerprint density at radius 2 is 1.95 bits per heavy atom. The molecule has 1 saturated heterocycles. The van der Waals surface area contributed by atoms with Gasteiger partial charge in [-0.15, -0.1) is 0 Å². The molecule has 104 valence electrons. The number of aromatic amines is 1. The first kappa shape index (κ1) is 13.8. The molecule has 19 heavy (non-hydrogen) atoms. The first-order valence-electron chi connectivity index (χ1n) is 6.94. The smallest absolute Gasteiger partial charge is 0.270 e. The van der Waals surface area contributed by atoms with Gasteiger partial charge in [0, 0.05) is 23.8 Å². The number of amides is 1. The van der Waals surface area contributed by atoms with E-state index in [1.54, 1.807) is 6.92 Å². The van der Waals surface area contributed by atoms with E-state index in [1.807, 2.05) is 18.7 Å². The van der Waals surface area contributed by atoms with E-state index in [0.717, 1.165) is 30.6 Å². The Bertz CT molecular complexity index is 516. The quantitative estimate of drug-likeness (QED) is 0.833. The van der Waals surface area contributed by atoms with Crippen molar-refractivity contribution in [1.29, 1.82) is 0 Å². The van der Waals surface area contributed by atoms with Crippen molar-refractivity contribution in [3.05, 3.63) is 22.5 Å². The molecular formula is C15H22N2O2. The Hall–Kier alpha value is -1.58. The highest BCUT2D eigenvalue weighted by atomic mass is 16.2. The van der Waals surface area contributed by atoms with Crippen molar-refractivity contribution in [2.75, 3.05) is 6.54 Å². The van der Waals surface area contributed by atoms with E-state index in [4.69, 9.17) is 0 Å². The van der Waals surface area contributed by atoms with Crippen LogP contribution in [0.2, 0.25) is 0 Å². The lowest BCUT2D eigenvalue weighted by atomic mass is 10.0. The number of Topliss-reactive ketones (excluding diaryl/α,β-unsaturated/α-hetero) is 1. The summed E-state index contributed by atoms with van der Waals surface area (Å²) in [5.74, 6) is 0.0392. The second-order valence-electron chi connectivity index (χ2n) is 5.52. The van der Waals surface area contributed by atoms with Crippen LogP contribution in [0.1, 0.15) is 65.2 Å². The molecule has 4 nitrogen and oxygen atoms in total. The minimum absolute atomic E-state index is 0.0111. The normalized spacial score (nSPS) is 19.6. The largest absolute Gasteiger partial charge is 0.354 e. The molecule has 0 aromatic carbocycles. The van der Waals surface area contributed by atoms with Crippen LogP contribution in [0.15, 0.2) is 0 Å². The molecule has 0 bridgehead atoms. The van der Waals surface area contributed by atoms with Gasteiger partial charge in [0.05, 0.1) is 0 Å². The first-order valence-corrected chi connectivity index (χ1v) is 6.94. The van der Waals surface area contributed by atoms with Crippen LogP contribution in [0.3, 0.4) is 0 Å². The van der Waals surface area contributed by atoms with E-state index in [0.29, 0.717) is 11.3 Å². The number of H-pyrrole nitrogens is 1. The van der Waals surface area contributed by atoms with Gasteiger partial charge < -0.3 is 9.88 Å². The lowest BCUT2D eigenvalue weighted by Crippen LogP contribution is -2.42. The molecule has 0 radical (unpaired) electrons. The van der Waals surface area contributed by atoms with Gasteiger partial charge in [-0.1, -0.05) is 0 Å². The van der Waals surface area contributed by atoms with Crippen molar-refractivity contribution in [3.8, 4) is 0 Å². The standard InChI is InChI=1S/C15H22N2O2/c1-9-7-5-6-8-17(9)15(19)14-10(2)13(12(4)18)11(3)16-14/h9,16H,5-8H2,1-4H3. The predicted octanol–water partition coefficient (Wildman–Crippen LogP) is 2.85. The van der Waals surface area contributed by atoms with E-state index in [9.17, 15) is 9.59 Å². The number of hydrogen-bond donors (Lipinski definition) is 1. The van der Waals surface area contributed by atoms with Crippen LogP contribution in [0.5, 0.6) is 0 Å². The fraction of sp³-hybridized carbons (Fsp3) is 0.600. The minimum Gasteiger partial charge on any atom is -0.354 e. The van der Waals surface area contributed by atoms with E-state index < -0.39 is 0 Å².